The molecule has 5 nitrogen and oxygen atoms in total. The summed E-state index contributed by atoms with van der Waals surface area (Å²) in [6, 6.07) is -0.428. The number of rotatable bonds is 7. The first-order valence-electron chi connectivity index (χ1n) is 7.94. The zero-order chi connectivity index (χ0) is 16.2. The number of nitrogens with zero attached hydrogens (tertiary/aromatic N) is 1. The Labute approximate surface area is 128 Å². The summed E-state index contributed by atoms with van der Waals surface area (Å²) in [5.41, 5.74) is -0.774. The molecule has 1 saturated heterocycles. The van der Waals surface area contributed by atoms with Gasteiger partial charge in [0.1, 0.15) is 11.6 Å². The lowest BCUT2D eigenvalue weighted by Gasteiger charge is -2.46. The fourth-order valence-electron chi connectivity index (χ4n) is 2.53. The molecular formula is C16H30N2O3. The number of ether oxygens (including phenoxy) is 1. The zero-order valence-corrected chi connectivity index (χ0v) is 14.2. The van der Waals surface area contributed by atoms with E-state index in [1.807, 2.05) is 27.7 Å². The Morgan fingerprint density at radius 2 is 1.90 bits per heavy atom. The van der Waals surface area contributed by atoms with E-state index in [0.29, 0.717) is 32.1 Å². The van der Waals surface area contributed by atoms with Crippen LogP contribution in [-0.4, -0.2) is 48.1 Å². The largest absolute Gasteiger partial charge is 0.379 e. The number of piperazine rings is 1. The highest BCUT2D eigenvalue weighted by atomic mass is 16.5. The molecule has 1 N–H and O–H groups in total. The first-order valence-corrected chi connectivity index (χ1v) is 7.94. The van der Waals surface area contributed by atoms with E-state index < -0.39 is 11.6 Å². The maximum atomic E-state index is 12.7. The van der Waals surface area contributed by atoms with Crippen LogP contribution in [0.4, 0.5) is 0 Å². The average molecular weight is 298 g/mol. The summed E-state index contributed by atoms with van der Waals surface area (Å²) in [4.78, 5) is 26.8. The minimum atomic E-state index is -0.774. The van der Waals surface area contributed by atoms with E-state index in [1.54, 1.807) is 4.90 Å². The second kappa shape index (κ2) is 7.25. The Morgan fingerprint density at radius 1 is 1.29 bits per heavy atom. The fraction of sp³-hybridized carbons (Fsp3) is 0.875. The zero-order valence-electron chi connectivity index (χ0n) is 14.2. The third-order valence-corrected chi connectivity index (χ3v) is 4.17. The van der Waals surface area contributed by atoms with Gasteiger partial charge in [-0.25, -0.2) is 0 Å². The predicted octanol–water partition coefficient (Wildman–Crippen LogP) is 1.81. The van der Waals surface area contributed by atoms with Gasteiger partial charge in [-0.3, -0.25) is 9.59 Å². The van der Waals surface area contributed by atoms with Gasteiger partial charge in [0.15, 0.2) is 0 Å². The van der Waals surface area contributed by atoms with Crippen LogP contribution < -0.4 is 5.32 Å². The van der Waals surface area contributed by atoms with E-state index in [4.69, 9.17) is 4.74 Å². The quantitative estimate of drug-likeness (QED) is 0.729. The van der Waals surface area contributed by atoms with Crippen LogP contribution in [0.15, 0.2) is 0 Å². The van der Waals surface area contributed by atoms with Crippen molar-refractivity contribution in [1.82, 2.24) is 10.2 Å². The van der Waals surface area contributed by atoms with Crippen LogP contribution in [0.5, 0.6) is 0 Å². The third kappa shape index (κ3) is 3.96. The summed E-state index contributed by atoms with van der Waals surface area (Å²) in [7, 11) is 0. The summed E-state index contributed by atoms with van der Waals surface area (Å²) in [5, 5.41) is 2.87. The molecular weight excluding hydrogens is 268 g/mol. The molecule has 2 atom stereocenters. The second-order valence-electron chi connectivity index (χ2n) is 6.78. The summed E-state index contributed by atoms with van der Waals surface area (Å²) < 4.78 is 5.59. The molecule has 0 spiro atoms. The van der Waals surface area contributed by atoms with Crippen LogP contribution in [0.1, 0.15) is 48.0 Å². The lowest BCUT2D eigenvalue weighted by Crippen LogP contribution is -2.70. The Bertz CT molecular complexity index is 382. The Morgan fingerprint density at radius 3 is 2.38 bits per heavy atom. The van der Waals surface area contributed by atoms with Crippen molar-refractivity contribution < 1.29 is 14.3 Å². The minimum absolute atomic E-state index is 0.00194. The molecule has 0 aromatic rings. The van der Waals surface area contributed by atoms with Gasteiger partial charge in [-0.1, -0.05) is 34.6 Å². The van der Waals surface area contributed by atoms with Crippen molar-refractivity contribution in [3.8, 4) is 0 Å². The van der Waals surface area contributed by atoms with Gasteiger partial charge in [0, 0.05) is 13.2 Å². The van der Waals surface area contributed by atoms with Gasteiger partial charge in [-0.2, -0.15) is 0 Å². The molecule has 1 heterocycles. The number of hydrogen-bond donors (Lipinski definition) is 1. The Kier molecular flexibility index (Phi) is 6.20. The molecule has 0 saturated carbocycles. The minimum Gasteiger partial charge on any atom is -0.379 e. The van der Waals surface area contributed by atoms with Gasteiger partial charge in [0.2, 0.25) is 11.8 Å². The number of nitrogens with one attached hydrogen (secondary N) is 1. The highest BCUT2D eigenvalue weighted by Crippen LogP contribution is 2.26. The number of carbonyl (C=O) groups is 2. The van der Waals surface area contributed by atoms with E-state index in [2.05, 4.69) is 19.2 Å². The van der Waals surface area contributed by atoms with Gasteiger partial charge in [-0.15, -0.1) is 0 Å². The number of amides is 2. The summed E-state index contributed by atoms with van der Waals surface area (Å²) in [6.07, 6.45) is 0.597. The Balaban J connectivity index is 2.81. The molecule has 0 radical (unpaired) electrons. The molecule has 5 heteroatoms. The molecule has 1 fully saturated rings. The molecule has 2 unspecified atom stereocenters. The molecule has 21 heavy (non-hydrogen) atoms. The van der Waals surface area contributed by atoms with Gasteiger partial charge in [-0.05, 0) is 25.2 Å². The van der Waals surface area contributed by atoms with Gasteiger partial charge in [0.25, 0.3) is 0 Å². The first-order chi connectivity index (χ1) is 9.74. The van der Waals surface area contributed by atoms with Gasteiger partial charge >= 0.3 is 0 Å². The fourth-order valence-corrected chi connectivity index (χ4v) is 2.53. The first kappa shape index (κ1) is 18.0. The highest BCUT2D eigenvalue weighted by molar-refractivity contribution is 5.99. The van der Waals surface area contributed by atoms with Crippen molar-refractivity contribution in [1.29, 1.82) is 0 Å². The third-order valence-electron chi connectivity index (χ3n) is 4.17. The smallest absolute Gasteiger partial charge is 0.246 e. The maximum absolute atomic E-state index is 12.7. The number of carbonyl (C=O) groups excluding carboxylic acids is 2. The average Bonchev–Trinajstić information content (AvgIpc) is 2.41. The van der Waals surface area contributed by atoms with Crippen molar-refractivity contribution >= 4 is 11.8 Å². The normalized spacial score (nSPS) is 26.7. The van der Waals surface area contributed by atoms with Crippen molar-refractivity contribution in [2.75, 3.05) is 19.8 Å². The lowest BCUT2D eigenvalue weighted by atomic mass is 9.88. The monoisotopic (exact) mass is 298 g/mol. The van der Waals surface area contributed by atoms with Crippen LogP contribution in [0, 0.1) is 11.8 Å². The topological polar surface area (TPSA) is 58.6 Å². The van der Waals surface area contributed by atoms with E-state index in [-0.39, 0.29) is 17.7 Å². The molecule has 0 bridgehead atoms. The molecule has 1 aliphatic heterocycles. The SMILES string of the molecule is CCC1(C)C(=O)NC(C(C)C)C(=O)N1CCOCC(C)C. The van der Waals surface area contributed by atoms with Crippen molar-refractivity contribution in [2.45, 2.75) is 59.5 Å². The predicted molar refractivity (Wildman–Crippen MR) is 82.8 cm³/mol. The molecule has 0 aromatic heterocycles. The number of hydrogen-bond acceptors (Lipinski definition) is 3. The standard InChI is InChI=1S/C16H30N2O3/c1-7-16(6)15(20)17-13(12(4)5)14(19)18(16)8-9-21-10-11(2)3/h11-13H,7-10H2,1-6H3,(H,17,20). The van der Waals surface area contributed by atoms with E-state index >= 15 is 0 Å². The molecule has 0 aliphatic carbocycles. The summed E-state index contributed by atoms with van der Waals surface area (Å²) in [6.45, 7) is 13.4. The van der Waals surface area contributed by atoms with Crippen LogP contribution >= 0.6 is 0 Å². The molecule has 1 aliphatic rings. The van der Waals surface area contributed by atoms with E-state index in [1.165, 1.54) is 0 Å². The lowest BCUT2D eigenvalue weighted by molar-refractivity contribution is -0.159. The van der Waals surface area contributed by atoms with Crippen LogP contribution in [0.2, 0.25) is 0 Å². The molecule has 1 rings (SSSR count). The van der Waals surface area contributed by atoms with Crippen molar-refractivity contribution in [3.63, 3.8) is 0 Å². The highest BCUT2D eigenvalue weighted by Gasteiger charge is 2.48. The van der Waals surface area contributed by atoms with Crippen LogP contribution in [-0.2, 0) is 14.3 Å². The Hall–Kier alpha value is -1.10. The molecule has 0 aromatic carbocycles. The van der Waals surface area contributed by atoms with Crippen molar-refractivity contribution in [3.05, 3.63) is 0 Å². The van der Waals surface area contributed by atoms with Crippen molar-refractivity contribution in [2.24, 2.45) is 11.8 Å². The van der Waals surface area contributed by atoms with Crippen LogP contribution in [0.3, 0.4) is 0 Å². The van der Waals surface area contributed by atoms with Gasteiger partial charge in [0.05, 0.1) is 6.61 Å². The van der Waals surface area contributed by atoms with E-state index in [0.717, 1.165) is 0 Å². The second-order valence-corrected chi connectivity index (χ2v) is 6.78. The van der Waals surface area contributed by atoms with E-state index in [9.17, 15) is 9.59 Å². The van der Waals surface area contributed by atoms with Crippen LogP contribution in [0.25, 0.3) is 0 Å². The van der Waals surface area contributed by atoms with Gasteiger partial charge < -0.3 is 15.0 Å². The molecule has 122 valence electrons. The maximum Gasteiger partial charge on any atom is 0.246 e. The molecule has 2 amide bonds. The summed E-state index contributed by atoms with van der Waals surface area (Å²) in [5.74, 6) is 0.488. The summed E-state index contributed by atoms with van der Waals surface area (Å²) >= 11 is 0.